The van der Waals surface area contributed by atoms with Crippen LogP contribution >= 0.6 is 0 Å². The maximum Gasteiger partial charge on any atom is 0.201 e. The van der Waals surface area contributed by atoms with Gasteiger partial charge in [-0.05, 0) is 111 Å². The summed E-state index contributed by atoms with van der Waals surface area (Å²) in [4.78, 5) is 0. The Labute approximate surface area is 211 Å². The highest BCUT2D eigenvalue weighted by Crippen LogP contribution is 2.44. The number of ether oxygens (including phenoxy) is 1. The molecular formula is C32H42F2O. The molecule has 0 N–H and O–H groups in total. The van der Waals surface area contributed by atoms with Gasteiger partial charge in [0.25, 0.3) is 0 Å². The van der Waals surface area contributed by atoms with Gasteiger partial charge in [0.1, 0.15) is 0 Å². The van der Waals surface area contributed by atoms with Gasteiger partial charge in [-0.2, -0.15) is 4.39 Å². The van der Waals surface area contributed by atoms with Crippen molar-refractivity contribution < 1.29 is 13.5 Å². The molecular weight excluding hydrogens is 438 g/mol. The summed E-state index contributed by atoms with van der Waals surface area (Å²) in [6.07, 6.45) is 17.4. The predicted molar refractivity (Wildman–Crippen MR) is 141 cm³/mol. The highest BCUT2D eigenvalue weighted by atomic mass is 19.2. The summed E-state index contributed by atoms with van der Waals surface area (Å²) in [6, 6.07) is 12.6. The van der Waals surface area contributed by atoms with Gasteiger partial charge in [-0.15, -0.1) is 0 Å². The summed E-state index contributed by atoms with van der Waals surface area (Å²) in [6.45, 7) is 4.01. The first kappa shape index (κ1) is 25.9. The largest absolute Gasteiger partial charge is 0.462 e. The number of rotatable bonds is 9. The van der Waals surface area contributed by atoms with Crippen LogP contribution < -0.4 is 4.74 Å². The van der Waals surface area contributed by atoms with E-state index in [0.717, 1.165) is 24.2 Å². The van der Waals surface area contributed by atoms with Gasteiger partial charge in [-0.25, -0.2) is 4.39 Å². The highest BCUT2D eigenvalue weighted by molar-refractivity contribution is 5.32. The molecule has 3 heteroatoms. The van der Waals surface area contributed by atoms with Gasteiger partial charge in [0.05, 0.1) is 6.26 Å². The van der Waals surface area contributed by atoms with Gasteiger partial charge in [0, 0.05) is 0 Å². The molecule has 0 radical (unpaired) electrons. The Bertz CT molecular complexity index is 948. The van der Waals surface area contributed by atoms with Crippen LogP contribution in [0.3, 0.4) is 0 Å². The van der Waals surface area contributed by atoms with E-state index in [1.807, 2.05) is 0 Å². The molecule has 2 aliphatic rings. The summed E-state index contributed by atoms with van der Waals surface area (Å²) >= 11 is 0. The fraction of sp³-hybridized carbons (Fsp3) is 0.562. The lowest BCUT2D eigenvalue weighted by molar-refractivity contribution is 0.157. The van der Waals surface area contributed by atoms with E-state index in [1.54, 1.807) is 25.1 Å². The molecule has 0 heterocycles. The molecule has 190 valence electrons. The van der Waals surface area contributed by atoms with Crippen LogP contribution in [0.5, 0.6) is 5.75 Å². The molecule has 2 fully saturated rings. The van der Waals surface area contributed by atoms with Crippen LogP contribution in [0.4, 0.5) is 8.78 Å². The third-order valence-corrected chi connectivity index (χ3v) is 8.60. The Hall–Kier alpha value is -2.16. The standard InChI is InChI=1S/C32H42F2O/c1-3-5-23-6-11-25(12-7-23)27-16-18-28(19-17-27)26-13-8-24(9-14-26)10-15-29-20-21-30(35-22-4-2)32(34)31(29)33/h4,6-7,11-12,20-22,24,26-28H,3,5,8-10,13-19H2,1-2H3. The van der Waals surface area contributed by atoms with Crippen molar-refractivity contribution >= 4 is 0 Å². The van der Waals surface area contributed by atoms with E-state index in [-0.39, 0.29) is 5.75 Å². The molecule has 0 spiro atoms. The van der Waals surface area contributed by atoms with Gasteiger partial charge in [-0.3, -0.25) is 0 Å². The Morgan fingerprint density at radius 2 is 1.46 bits per heavy atom. The summed E-state index contributed by atoms with van der Waals surface area (Å²) < 4.78 is 33.9. The number of halogens is 2. The molecule has 35 heavy (non-hydrogen) atoms. The summed E-state index contributed by atoms with van der Waals surface area (Å²) in [7, 11) is 0. The Morgan fingerprint density at radius 3 is 2.09 bits per heavy atom. The van der Waals surface area contributed by atoms with E-state index >= 15 is 0 Å². The first-order chi connectivity index (χ1) is 17.1. The SMILES string of the molecule is CC=COc1ccc(CCC2CCC(C3CCC(c4ccc(CCC)cc4)CC3)CC2)c(F)c1F. The second kappa shape index (κ2) is 12.7. The second-order valence-corrected chi connectivity index (χ2v) is 10.9. The number of hydrogen-bond acceptors (Lipinski definition) is 1. The van der Waals surface area contributed by atoms with E-state index in [1.165, 1.54) is 81.6 Å². The lowest BCUT2D eigenvalue weighted by atomic mass is 9.68. The van der Waals surface area contributed by atoms with Crippen molar-refractivity contribution in [1.29, 1.82) is 0 Å². The summed E-state index contributed by atoms with van der Waals surface area (Å²) in [5, 5.41) is 0. The van der Waals surface area contributed by atoms with Crippen LogP contribution in [0, 0.1) is 29.4 Å². The first-order valence-corrected chi connectivity index (χ1v) is 13.9. The molecule has 2 saturated carbocycles. The topological polar surface area (TPSA) is 9.23 Å². The molecule has 0 aliphatic heterocycles. The van der Waals surface area contributed by atoms with Gasteiger partial charge >= 0.3 is 0 Å². The fourth-order valence-electron chi connectivity index (χ4n) is 6.47. The van der Waals surface area contributed by atoms with Gasteiger partial charge in [0.2, 0.25) is 5.82 Å². The zero-order chi connectivity index (χ0) is 24.6. The van der Waals surface area contributed by atoms with Crippen molar-refractivity contribution in [1.82, 2.24) is 0 Å². The lowest BCUT2D eigenvalue weighted by Crippen LogP contribution is -2.25. The van der Waals surface area contributed by atoms with Crippen molar-refractivity contribution in [3.63, 3.8) is 0 Å². The average molecular weight is 481 g/mol. The van der Waals surface area contributed by atoms with Crippen LogP contribution in [0.2, 0.25) is 0 Å². The highest BCUT2D eigenvalue weighted by Gasteiger charge is 2.31. The molecule has 0 saturated heterocycles. The number of hydrogen-bond donors (Lipinski definition) is 0. The molecule has 4 rings (SSSR count). The number of benzene rings is 2. The van der Waals surface area contributed by atoms with Crippen LogP contribution in [0.1, 0.15) is 101 Å². The van der Waals surface area contributed by atoms with Crippen molar-refractivity contribution in [2.75, 3.05) is 0 Å². The fourth-order valence-corrected chi connectivity index (χ4v) is 6.47. The zero-order valence-electron chi connectivity index (χ0n) is 21.6. The first-order valence-electron chi connectivity index (χ1n) is 13.9. The van der Waals surface area contributed by atoms with Gasteiger partial charge < -0.3 is 4.74 Å². The van der Waals surface area contributed by atoms with Crippen LogP contribution in [-0.4, -0.2) is 0 Å². The Morgan fingerprint density at radius 1 is 0.800 bits per heavy atom. The minimum Gasteiger partial charge on any atom is -0.462 e. The van der Waals surface area contributed by atoms with Crippen molar-refractivity contribution in [2.45, 2.75) is 96.8 Å². The lowest BCUT2D eigenvalue weighted by Gasteiger charge is -2.38. The normalized spacial score (nSPS) is 25.1. The van der Waals surface area contributed by atoms with Crippen molar-refractivity contribution in [3.05, 3.63) is 77.1 Å². The third-order valence-electron chi connectivity index (χ3n) is 8.60. The van der Waals surface area contributed by atoms with Crippen LogP contribution in [0.25, 0.3) is 0 Å². The Kier molecular flexibility index (Phi) is 9.40. The Balaban J connectivity index is 1.20. The molecule has 0 amide bonds. The van der Waals surface area contributed by atoms with Crippen LogP contribution in [0.15, 0.2) is 48.7 Å². The zero-order valence-corrected chi connectivity index (χ0v) is 21.6. The molecule has 0 unspecified atom stereocenters. The number of allylic oxidation sites excluding steroid dienone is 1. The minimum atomic E-state index is -0.878. The van der Waals surface area contributed by atoms with Gasteiger partial charge in [0.15, 0.2) is 11.6 Å². The van der Waals surface area contributed by atoms with E-state index in [0.29, 0.717) is 17.9 Å². The molecule has 2 aromatic rings. The third kappa shape index (κ3) is 6.74. The van der Waals surface area contributed by atoms with E-state index < -0.39 is 11.6 Å². The number of aryl methyl sites for hydroxylation is 2. The second-order valence-electron chi connectivity index (χ2n) is 10.9. The average Bonchev–Trinajstić information content (AvgIpc) is 2.90. The van der Waals surface area contributed by atoms with Crippen molar-refractivity contribution in [3.8, 4) is 5.75 Å². The van der Waals surface area contributed by atoms with Crippen molar-refractivity contribution in [2.24, 2.45) is 17.8 Å². The smallest absolute Gasteiger partial charge is 0.201 e. The summed E-state index contributed by atoms with van der Waals surface area (Å²) in [5.74, 6) is 1.43. The van der Waals surface area contributed by atoms with E-state index in [9.17, 15) is 8.78 Å². The molecule has 0 bridgehead atoms. The quantitative estimate of drug-likeness (QED) is 0.325. The molecule has 1 nitrogen and oxygen atoms in total. The minimum absolute atomic E-state index is 0.0481. The maximum absolute atomic E-state index is 14.5. The van der Waals surface area contributed by atoms with Gasteiger partial charge in [-0.1, -0.05) is 62.6 Å². The monoisotopic (exact) mass is 480 g/mol. The summed E-state index contributed by atoms with van der Waals surface area (Å²) in [5.41, 5.74) is 3.47. The van der Waals surface area contributed by atoms with Crippen LogP contribution in [-0.2, 0) is 12.8 Å². The molecule has 0 atom stereocenters. The molecule has 2 aromatic carbocycles. The molecule has 2 aliphatic carbocycles. The maximum atomic E-state index is 14.5. The van der Waals surface area contributed by atoms with E-state index in [4.69, 9.17) is 4.74 Å². The van der Waals surface area contributed by atoms with E-state index in [2.05, 4.69) is 31.2 Å². The predicted octanol–water partition coefficient (Wildman–Crippen LogP) is 9.54. The molecule has 0 aromatic heterocycles.